The van der Waals surface area contributed by atoms with Crippen molar-refractivity contribution < 1.29 is 23.1 Å². The predicted octanol–water partition coefficient (Wildman–Crippen LogP) is 5.22. The van der Waals surface area contributed by atoms with Gasteiger partial charge in [0.1, 0.15) is 10.6 Å². The van der Waals surface area contributed by atoms with E-state index in [1.807, 2.05) is 11.0 Å². The molecule has 0 aliphatic carbocycles. The Kier molecular flexibility index (Phi) is 9.53. The molecule has 0 aromatic heterocycles. The summed E-state index contributed by atoms with van der Waals surface area (Å²) < 4.78 is 34.1. The number of hydrogen-bond donors (Lipinski definition) is 1. The summed E-state index contributed by atoms with van der Waals surface area (Å²) in [6.45, 7) is 7.49. The van der Waals surface area contributed by atoms with Gasteiger partial charge >= 0.3 is 5.97 Å². The van der Waals surface area contributed by atoms with Gasteiger partial charge in [-0.25, -0.2) is 17.5 Å². The van der Waals surface area contributed by atoms with Crippen molar-refractivity contribution in [2.24, 2.45) is 0 Å². The van der Waals surface area contributed by atoms with Crippen LogP contribution in [0.5, 0.6) is 11.5 Å². The van der Waals surface area contributed by atoms with Gasteiger partial charge in [0.15, 0.2) is 5.75 Å². The summed E-state index contributed by atoms with van der Waals surface area (Å²) in [7, 11) is -2.50. The maximum Gasteiger partial charge on any atom is 0.335 e. The minimum atomic E-state index is -3.97. The summed E-state index contributed by atoms with van der Waals surface area (Å²) in [5.74, 6) is -0.536. The van der Waals surface area contributed by atoms with Crippen LogP contribution in [-0.2, 0) is 10.0 Å². The van der Waals surface area contributed by atoms with Crippen LogP contribution in [-0.4, -0.2) is 50.5 Å². The molecule has 2 rings (SSSR count). The molecule has 0 saturated carbocycles. The number of para-hydroxylation sites is 1. The van der Waals surface area contributed by atoms with E-state index < -0.39 is 16.0 Å². The summed E-state index contributed by atoms with van der Waals surface area (Å²) in [6.07, 6.45) is 3.70. The second-order valence-corrected chi connectivity index (χ2v) is 9.67. The predicted molar refractivity (Wildman–Crippen MR) is 127 cm³/mol. The number of nitrogens with zero attached hydrogens (tertiary/aromatic N) is 2. The molecule has 2 aromatic carbocycles. The van der Waals surface area contributed by atoms with E-state index in [4.69, 9.17) is 4.74 Å². The number of rotatable bonds is 13. The SMILES string of the molecule is CCCCN(CCCC)c1cc(C(=O)O)cc(S(=O)(=O)N(C)CC)c1Oc1ccccc1. The Labute approximate surface area is 191 Å². The summed E-state index contributed by atoms with van der Waals surface area (Å²) in [4.78, 5) is 13.8. The Morgan fingerprint density at radius 3 is 2.09 bits per heavy atom. The Morgan fingerprint density at radius 2 is 1.59 bits per heavy atom. The molecule has 32 heavy (non-hydrogen) atoms. The number of unbranched alkanes of at least 4 members (excludes halogenated alkanes) is 2. The molecule has 0 aliphatic heterocycles. The van der Waals surface area contributed by atoms with Gasteiger partial charge in [0, 0.05) is 26.7 Å². The molecule has 0 amide bonds. The van der Waals surface area contributed by atoms with Crippen molar-refractivity contribution >= 4 is 21.7 Å². The number of sulfonamides is 1. The largest absolute Gasteiger partial charge is 0.478 e. The highest BCUT2D eigenvalue weighted by atomic mass is 32.2. The average molecular weight is 463 g/mol. The summed E-state index contributed by atoms with van der Waals surface area (Å²) in [6, 6.07) is 11.7. The fraction of sp³-hybridized carbons (Fsp3) is 0.458. The highest BCUT2D eigenvalue weighted by Gasteiger charge is 2.30. The molecule has 0 heterocycles. The summed E-state index contributed by atoms with van der Waals surface area (Å²) >= 11 is 0. The van der Waals surface area contributed by atoms with Crippen molar-refractivity contribution in [3.8, 4) is 11.5 Å². The summed E-state index contributed by atoms with van der Waals surface area (Å²) in [5.41, 5.74) is 0.403. The third kappa shape index (κ3) is 6.23. The molecular formula is C24H34N2O5S. The van der Waals surface area contributed by atoms with E-state index in [0.29, 0.717) is 24.5 Å². The number of benzene rings is 2. The monoisotopic (exact) mass is 462 g/mol. The van der Waals surface area contributed by atoms with Gasteiger partial charge in [-0.3, -0.25) is 0 Å². The van der Waals surface area contributed by atoms with Crippen molar-refractivity contribution in [1.82, 2.24) is 4.31 Å². The van der Waals surface area contributed by atoms with Crippen LogP contribution in [0.25, 0.3) is 0 Å². The first-order valence-electron chi connectivity index (χ1n) is 11.1. The van der Waals surface area contributed by atoms with Crippen LogP contribution < -0.4 is 9.64 Å². The van der Waals surface area contributed by atoms with Crippen LogP contribution in [0.2, 0.25) is 0 Å². The van der Waals surface area contributed by atoms with E-state index in [1.165, 1.54) is 23.5 Å². The lowest BCUT2D eigenvalue weighted by Crippen LogP contribution is -2.29. The smallest absolute Gasteiger partial charge is 0.335 e. The lowest BCUT2D eigenvalue weighted by atomic mass is 10.1. The molecule has 0 aliphatic rings. The van der Waals surface area contributed by atoms with Gasteiger partial charge in [-0.05, 0) is 37.1 Å². The first kappa shape index (κ1) is 25.7. The van der Waals surface area contributed by atoms with Crippen LogP contribution in [0.4, 0.5) is 5.69 Å². The maximum absolute atomic E-state index is 13.4. The number of aromatic carboxylic acids is 1. The molecule has 176 valence electrons. The van der Waals surface area contributed by atoms with E-state index >= 15 is 0 Å². The van der Waals surface area contributed by atoms with Gasteiger partial charge in [-0.15, -0.1) is 0 Å². The minimum absolute atomic E-state index is 0.0820. The topological polar surface area (TPSA) is 87.2 Å². The Bertz CT molecular complexity index is 985. The molecule has 7 nitrogen and oxygen atoms in total. The van der Waals surface area contributed by atoms with E-state index in [-0.39, 0.29) is 22.8 Å². The lowest BCUT2D eigenvalue weighted by Gasteiger charge is -2.29. The molecule has 8 heteroatoms. The Balaban J connectivity index is 2.81. The summed E-state index contributed by atoms with van der Waals surface area (Å²) in [5, 5.41) is 9.74. The van der Waals surface area contributed by atoms with Crippen LogP contribution in [0, 0.1) is 0 Å². The van der Waals surface area contributed by atoms with Crippen LogP contribution in [0.1, 0.15) is 56.8 Å². The molecule has 0 atom stereocenters. The molecule has 1 N–H and O–H groups in total. The number of ether oxygens (including phenoxy) is 1. The van der Waals surface area contributed by atoms with Gasteiger partial charge in [-0.1, -0.05) is 51.8 Å². The molecule has 0 radical (unpaired) electrons. The van der Waals surface area contributed by atoms with E-state index in [9.17, 15) is 18.3 Å². The van der Waals surface area contributed by atoms with E-state index in [0.717, 1.165) is 25.7 Å². The zero-order valence-electron chi connectivity index (χ0n) is 19.4. The zero-order valence-corrected chi connectivity index (χ0v) is 20.2. The standard InChI is InChI=1S/C24H34N2O5S/c1-5-8-15-26(16-9-6-2)21-17-19(24(27)28)18-22(32(29,30)25(4)7-3)23(21)31-20-13-11-10-12-14-20/h10-14,17-18H,5-9,15-16H2,1-4H3,(H,27,28). The number of carboxylic acids is 1. The van der Waals surface area contributed by atoms with Crippen LogP contribution in [0.15, 0.2) is 47.4 Å². The van der Waals surface area contributed by atoms with Crippen LogP contribution >= 0.6 is 0 Å². The second-order valence-electron chi connectivity index (χ2n) is 7.66. The van der Waals surface area contributed by atoms with Crippen molar-refractivity contribution in [3.05, 3.63) is 48.0 Å². The number of hydrogen-bond acceptors (Lipinski definition) is 5. The fourth-order valence-electron chi connectivity index (χ4n) is 3.23. The van der Waals surface area contributed by atoms with Gasteiger partial charge in [0.25, 0.3) is 0 Å². The van der Waals surface area contributed by atoms with E-state index in [1.54, 1.807) is 31.2 Å². The zero-order chi connectivity index (χ0) is 23.7. The molecule has 0 saturated heterocycles. The van der Waals surface area contributed by atoms with Gasteiger partial charge in [0.2, 0.25) is 10.0 Å². The number of carboxylic acid groups (broad SMARTS) is 1. The van der Waals surface area contributed by atoms with Crippen molar-refractivity contribution in [3.63, 3.8) is 0 Å². The molecule has 0 bridgehead atoms. The van der Waals surface area contributed by atoms with Gasteiger partial charge in [0.05, 0.1) is 11.3 Å². The number of anilines is 1. The molecule has 2 aromatic rings. The Hall–Kier alpha value is -2.58. The fourth-order valence-corrected chi connectivity index (χ4v) is 4.57. The first-order valence-corrected chi connectivity index (χ1v) is 12.6. The molecule has 0 fully saturated rings. The third-order valence-electron chi connectivity index (χ3n) is 5.28. The Morgan fingerprint density at radius 1 is 1.00 bits per heavy atom. The maximum atomic E-state index is 13.4. The second kappa shape index (κ2) is 11.9. The molecule has 0 unspecified atom stereocenters. The van der Waals surface area contributed by atoms with Crippen LogP contribution in [0.3, 0.4) is 0 Å². The van der Waals surface area contributed by atoms with Crippen molar-refractivity contribution in [1.29, 1.82) is 0 Å². The minimum Gasteiger partial charge on any atom is -0.478 e. The normalized spacial score (nSPS) is 11.5. The first-order chi connectivity index (χ1) is 15.3. The highest BCUT2D eigenvalue weighted by Crippen LogP contribution is 2.41. The van der Waals surface area contributed by atoms with Crippen molar-refractivity contribution in [2.75, 3.05) is 31.6 Å². The van der Waals surface area contributed by atoms with Gasteiger partial charge < -0.3 is 14.7 Å². The van der Waals surface area contributed by atoms with E-state index in [2.05, 4.69) is 13.8 Å². The number of carbonyl (C=O) groups is 1. The quantitative estimate of drug-likeness (QED) is 0.439. The molecule has 0 spiro atoms. The average Bonchev–Trinajstić information content (AvgIpc) is 2.79. The molecular weight excluding hydrogens is 428 g/mol. The third-order valence-corrected chi connectivity index (χ3v) is 7.22. The van der Waals surface area contributed by atoms with Gasteiger partial charge in [-0.2, -0.15) is 0 Å². The highest BCUT2D eigenvalue weighted by molar-refractivity contribution is 7.89. The van der Waals surface area contributed by atoms with Crippen molar-refractivity contribution in [2.45, 2.75) is 51.3 Å². The lowest BCUT2D eigenvalue weighted by molar-refractivity contribution is 0.0696.